The van der Waals surface area contributed by atoms with E-state index in [9.17, 15) is 13.2 Å². The predicted molar refractivity (Wildman–Crippen MR) is 49.9 cm³/mol. The topological polar surface area (TPSA) is 23.8 Å². The number of allylic oxidation sites excluding steroid dienone is 1. The molecule has 0 aliphatic carbocycles. The van der Waals surface area contributed by atoms with Gasteiger partial charge >= 0.3 is 6.18 Å². The first-order chi connectivity index (χ1) is 6.95. The molecule has 0 aliphatic rings. The van der Waals surface area contributed by atoms with Gasteiger partial charge in [0.2, 0.25) is 0 Å². The van der Waals surface area contributed by atoms with Crippen LogP contribution in [0.5, 0.6) is 0 Å². The molecule has 0 amide bonds. The Morgan fingerprint density at radius 1 is 1.33 bits per heavy atom. The van der Waals surface area contributed by atoms with E-state index in [2.05, 4.69) is 6.58 Å². The second-order valence-electron chi connectivity index (χ2n) is 3.05. The quantitative estimate of drug-likeness (QED) is 0.688. The van der Waals surface area contributed by atoms with Gasteiger partial charge in [-0.05, 0) is 11.6 Å². The van der Waals surface area contributed by atoms with Gasteiger partial charge in [-0.15, -0.1) is 0 Å². The van der Waals surface area contributed by atoms with Crippen LogP contribution in [0.3, 0.4) is 0 Å². The van der Waals surface area contributed by atoms with E-state index >= 15 is 0 Å². The summed E-state index contributed by atoms with van der Waals surface area (Å²) in [6.07, 6.45) is -4.45. The second-order valence-corrected chi connectivity index (χ2v) is 3.05. The van der Waals surface area contributed by atoms with Crippen molar-refractivity contribution in [2.75, 3.05) is 0 Å². The summed E-state index contributed by atoms with van der Waals surface area (Å²) in [5.74, 6) is 0. The molecule has 0 heterocycles. The second kappa shape index (κ2) is 4.18. The number of alkyl halides is 3. The number of nitriles is 1. The van der Waals surface area contributed by atoms with Crippen molar-refractivity contribution >= 4 is 0 Å². The van der Waals surface area contributed by atoms with E-state index in [0.29, 0.717) is 0 Å². The Morgan fingerprint density at radius 2 is 1.93 bits per heavy atom. The maximum absolute atomic E-state index is 12.5. The number of hydrogen-bond donors (Lipinski definition) is 0. The van der Waals surface area contributed by atoms with Gasteiger partial charge in [0, 0.05) is 12.0 Å². The van der Waals surface area contributed by atoms with Crippen molar-refractivity contribution < 1.29 is 13.2 Å². The fourth-order valence-corrected chi connectivity index (χ4v) is 1.22. The molecule has 0 bridgehead atoms. The number of halogens is 3. The maximum atomic E-state index is 12.5. The summed E-state index contributed by atoms with van der Waals surface area (Å²) in [5, 5.41) is 8.46. The third-order valence-electron chi connectivity index (χ3n) is 1.88. The largest absolute Gasteiger partial charge is 0.416 e. The highest BCUT2D eigenvalue weighted by Gasteiger charge is 2.32. The lowest BCUT2D eigenvalue weighted by molar-refractivity contribution is -0.138. The van der Waals surface area contributed by atoms with Gasteiger partial charge in [-0.2, -0.15) is 18.4 Å². The van der Waals surface area contributed by atoms with Gasteiger partial charge in [-0.1, -0.05) is 24.8 Å². The highest BCUT2D eigenvalue weighted by molar-refractivity contribution is 5.35. The molecule has 0 saturated heterocycles. The third kappa shape index (κ3) is 2.84. The molecule has 78 valence electrons. The molecule has 0 N–H and O–H groups in total. The summed E-state index contributed by atoms with van der Waals surface area (Å²) in [7, 11) is 0. The standard InChI is InChI=1S/C11H8F3N/c1-8(7-15)6-9-4-2-3-5-10(9)11(12,13)14/h2-5H,1,6H2. The van der Waals surface area contributed by atoms with E-state index in [1.165, 1.54) is 18.2 Å². The van der Waals surface area contributed by atoms with Crippen LogP contribution >= 0.6 is 0 Å². The van der Waals surface area contributed by atoms with Crippen molar-refractivity contribution in [2.45, 2.75) is 12.6 Å². The van der Waals surface area contributed by atoms with Crippen molar-refractivity contribution in [3.63, 3.8) is 0 Å². The Kier molecular flexibility index (Phi) is 3.15. The van der Waals surface area contributed by atoms with Crippen LogP contribution in [0.15, 0.2) is 36.4 Å². The van der Waals surface area contributed by atoms with Crippen molar-refractivity contribution in [1.29, 1.82) is 5.26 Å². The first-order valence-electron chi connectivity index (χ1n) is 4.18. The summed E-state index contributed by atoms with van der Waals surface area (Å²) in [4.78, 5) is 0. The molecular weight excluding hydrogens is 203 g/mol. The molecule has 0 unspecified atom stereocenters. The Morgan fingerprint density at radius 3 is 2.47 bits per heavy atom. The van der Waals surface area contributed by atoms with Crippen molar-refractivity contribution in [1.82, 2.24) is 0 Å². The fourth-order valence-electron chi connectivity index (χ4n) is 1.22. The minimum absolute atomic E-state index is 0.0633. The summed E-state index contributed by atoms with van der Waals surface area (Å²) in [6, 6.07) is 6.91. The minimum atomic E-state index is -4.38. The summed E-state index contributed by atoms with van der Waals surface area (Å²) >= 11 is 0. The van der Waals surface area contributed by atoms with E-state index < -0.39 is 11.7 Å². The van der Waals surface area contributed by atoms with Gasteiger partial charge in [-0.3, -0.25) is 0 Å². The van der Waals surface area contributed by atoms with E-state index in [1.54, 1.807) is 6.07 Å². The molecule has 0 radical (unpaired) electrons. The van der Waals surface area contributed by atoms with Crippen LogP contribution in [-0.4, -0.2) is 0 Å². The van der Waals surface area contributed by atoms with Gasteiger partial charge in [0.15, 0.2) is 0 Å². The van der Waals surface area contributed by atoms with Crippen LogP contribution in [0.25, 0.3) is 0 Å². The number of hydrogen-bond acceptors (Lipinski definition) is 1. The lowest BCUT2D eigenvalue weighted by Crippen LogP contribution is -2.09. The smallest absolute Gasteiger partial charge is 0.193 e. The molecule has 1 nitrogen and oxygen atoms in total. The number of benzene rings is 1. The Balaban J connectivity index is 3.09. The fraction of sp³-hybridized carbons (Fsp3) is 0.182. The predicted octanol–water partition coefficient (Wildman–Crippen LogP) is 3.33. The molecule has 0 fully saturated rings. The Labute approximate surface area is 85.5 Å². The average molecular weight is 211 g/mol. The van der Waals surface area contributed by atoms with E-state index in [4.69, 9.17) is 5.26 Å². The number of nitrogens with zero attached hydrogens (tertiary/aromatic N) is 1. The summed E-state index contributed by atoms with van der Waals surface area (Å²) < 4.78 is 37.5. The molecule has 0 aliphatic heterocycles. The zero-order valence-corrected chi connectivity index (χ0v) is 7.80. The summed E-state index contributed by atoms with van der Waals surface area (Å²) in [6.45, 7) is 3.36. The van der Waals surface area contributed by atoms with Crippen LogP contribution in [0, 0.1) is 11.3 Å². The SMILES string of the molecule is C=C(C#N)Cc1ccccc1C(F)(F)F. The third-order valence-corrected chi connectivity index (χ3v) is 1.88. The molecule has 0 aromatic heterocycles. The van der Waals surface area contributed by atoms with Gasteiger partial charge < -0.3 is 0 Å². The zero-order chi connectivity index (χ0) is 11.5. The molecule has 1 rings (SSSR count). The van der Waals surface area contributed by atoms with Gasteiger partial charge in [0.25, 0.3) is 0 Å². The van der Waals surface area contributed by atoms with Gasteiger partial charge in [0.1, 0.15) is 0 Å². The van der Waals surface area contributed by atoms with Gasteiger partial charge in [-0.25, -0.2) is 0 Å². The molecular formula is C11H8F3N. The molecule has 0 saturated carbocycles. The lowest BCUT2D eigenvalue weighted by atomic mass is 10.0. The Bertz CT molecular complexity index is 413. The van der Waals surface area contributed by atoms with Crippen molar-refractivity contribution in [3.05, 3.63) is 47.5 Å². The molecule has 1 aromatic rings. The highest BCUT2D eigenvalue weighted by Crippen LogP contribution is 2.32. The minimum Gasteiger partial charge on any atom is -0.193 e. The average Bonchev–Trinajstić information content (AvgIpc) is 2.17. The first-order valence-corrected chi connectivity index (χ1v) is 4.18. The molecule has 4 heteroatoms. The van der Waals surface area contributed by atoms with E-state index in [-0.39, 0.29) is 17.6 Å². The lowest BCUT2D eigenvalue weighted by Gasteiger charge is -2.11. The van der Waals surface area contributed by atoms with E-state index in [0.717, 1.165) is 6.07 Å². The molecule has 0 spiro atoms. The highest BCUT2D eigenvalue weighted by atomic mass is 19.4. The first kappa shape index (κ1) is 11.3. The van der Waals surface area contributed by atoms with Crippen LogP contribution in [0.4, 0.5) is 13.2 Å². The maximum Gasteiger partial charge on any atom is 0.416 e. The monoisotopic (exact) mass is 211 g/mol. The van der Waals surface area contributed by atoms with Crippen LogP contribution < -0.4 is 0 Å². The molecule has 1 aromatic carbocycles. The molecule has 15 heavy (non-hydrogen) atoms. The van der Waals surface area contributed by atoms with Crippen molar-refractivity contribution in [3.8, 4) is 6.07 Å². The number of rotatable bonds is 2. The van der Waals surface area contributed by atoms with Crippen LogP contribution in [0.2, 0.25) is 0 Å². The van der Waals surface area contributed by atoms with Crippen molar-refractivity contribution in [2.24, 2.45) is 0 Å². The normalized spacial score (nSPS) is 10.8. The molecule has 0 atom stereocenters. The summed E-state index contributed by atoms with van der Waals surface area (Å²) in [5.41, 5.74) is -0.510. The van der Waals surface area contributed by atoms with Crippen LogP contribution in [-0.2, 0) is 12.6 Å². The van der Waals surface area contributed by atoms with Gasteiger partial charge in [0.05, 0.1) is 11.6 Å². The zero-order valence-electron chi connectivity index (χ0n) is 7.80. The Hall–Kier alpha value is -1.76. The van der Waals surface area contributed by atoms with E-state index in [1.807, 2.05) is 0 Å². The van der Waals surface area contributed by atoms with Crippen LogP contribution in [0.1, 0.15) is 11.1 Å².